The first kappa shape index (κ1) is 21.0. The predicted molar refractivity (Wildman–Crippen MR) is 125 cm³/mol. The van der Waals surface area contributed by atoms with Crippen LogP contribution in [0, 0.1) is 0 Å². The molecule has 0 aromatic heterocycles. The summed E-state index contributed by atoms with van der Waals surface area (Å²) in [4.78, 5) is 12.2. The van der Waals surface area contributed by atoms with E-state index >= 15 is 0 Å². The second-order valence-corrected chi connectivity index (χ2v) is 7.74. The van der Waals surface area contributed by atoms with Crippen molar-refractivity contribution in [1.29, 1.82) is 0 Å². The molecule has 4 rings (SSSR count). The highest BCUT2D eigenvalue weighted by Crippen LogP contribution is 2.44. The molecule has 0 aliphatic heterocycles. The van der Waals surface area contributed by atoms with Crippen molar-refractivity contribution in [3.05, 3.63) is 94.5 Å². The van der Waals surface area contributed by atoms with E-state index in [1.807, 2.05) is 54.6 Å². The fourth-order valence-corrected chi connectivity index (χ4v) is 4.18. The van der Waals surface area contributed by atoms with Gasteiger partial charge in [0.15, 0.2) is 0 Å². The third-order valence-electron chi connectivity index (χ3n) is 5.41. The van der Waals surface area contributed by atoms with Crippen molar-refractivity contribution in [3.63, 3.8) is 0 Å². The van der Waals surface area contributed by atoms with Gasteiger partial charge < -0.3 is 14.8 Å². The predicted octanol–water partition coefficient (Wildman–Crippen LogP) is 6.29. The van der Waals surface area contributed by atoms with Gasteiger partial charge in [0.2, 0.25) is 0 Å². The number of halogens is 1. The minimum absolute atomic E-state index is 0.0675. The van der Waals surface area contributed by atoms with Crippen molar-refractivity contribution in [2.45, 2.75) is 12.3 Å². The molecule has 0 bridgehead atoms. The van der Waals surface area contributed by atoms with Crippen molar-refractivity contribution in [2.75, 3.05) is 20.3 Å². The molecule has 5 heteroatoms. The van der Waals surface area contributed by atoms with E-state index < -0.39 is 6.09 Å². The van der Waals surface area contributed by atoms with Crippen LogP contribution in [-0.4, -0.2) is 26.4 Å². The van der Waals surface area contributed by atoms with Gasteiger partial charge >= 0.3 is 6.09 Å². The van der Waals surface area contributed by atoms with Crippen molar-refractivity contribution in [3.8, 4) is 16.9 Å². The lowest BCUT2D eigenvalue weighted by Crippen LogP contribution is -2.26. The van der Waals surface area contributed by atoms with Crippen molar-refractivity contribution in [1.82, 2.24) is 5.32 Å². The van der Waals surface area contributed by atoms with Gasteiger partial charge in [-0.2, -0.15) is 0 Å². The number of hydrogen-bond acceptors (Lipinski definition) is 3. The summed E-state index contributed by atoms with van der Waals surface area (Å²) < 4.78 is 10.7. The van der Waals surface area contributed by atoms with Crippen LogP contribution in [0.2, 0.25) is 5.02 Å². The van der Waals surface area contributed by atoms with Gasteiger partial charge in [0.05, 0.1) is 12.1 Å². The van der Waals surface area contributed by atoms with Crippen LogP contribution in [0.15, 0.2) is 72.8 Å². The van der Waals surface area contributed by atoms with Crippen LogP contribution in [0.1, 0.15) is 29.0 Å². The number of carbonyl (C=O) groups excluding carboxylic acids is 1. The first-order valence-electron chi connectivity index (χ1n) is 10.3. The zero-order valence-corrected chi connectivity index (χ0v) is 18.1. The third-order valence-corrected chi connectivity index (χ3v) is 5.71. The van der Waals surface area contributed by atoms with E-state index in [1.54, 1.807) is 7.11 Å². The standard InChI is InChI=1S/C26H24ClNO3/c1-30-25-14-13-18(16-24(25)27)8-6-7-15-28-26(29)31-17-23-21-11-4-2-9-19(21)20-10-3-5-12-22(20)23/h2-6,8-14,16,23H,7,15,17H2,1H3,(H,28,29). The molecule has 158 valence electrons. The smallest absolute Gasteiger partial charge is 0.407 e. The van der Waals surface area contributed by atoms with E-state index in [0.717, 1.165) is 5.56 Å². The Bertz CT molecular complexity index is 1060. The average molecular weight is 434 g/mol. The van der Waals surface area contributed by atoms with Gasteiger partial charge in [-0.1, -0.05) is 78.4 Å². The van der Waals surface area contributed by atoms with Crippen LogP contribution in [0.5, 0.6) is 5.75 Å². The Balaban J connectivity index is 1.26. The molecule has 0 spiro atoms. The van der Waals surface area contributed by atoms with Crippen molar-refractivity contribution in [2.24, 2.45) is 0 Å². The summed E-state index contributed by atoms with van der Waals surface area (Å²) in [5.41, 5.74) is 5.83. The molecule has 0 heterocycles. The van der Waals surface area contributed by atoms with Gasteiger partial charge in [0.25, 0.3) is 0 Å². The van der Waals surface area contributed by atoms with Gasteiger partial charge in [-0.05, 0) is 46.4 Å². The zero-order chi connectivity index (χ0) is 21.6. The SMILES string of the molecule is COc1ccc(C=CCCNC(=O)OCC2c3ccccc3-c3ccccc32)cc1Cl. The van der Waals surface area contributed by atoms with Crippen LogP contribution in [0.3, 0.4) is 0 Å². The van der Waals surface area contributed by atoms with E-state index in [0.29, 0.717) is 30.3 Å². The molecular formula is C26H24ClNO3. The number of methoxy groups -OCH3 is 1. The molecule has 0 atom stereocenters. The number of carbonyl (C=O) groups is 1. The van der Waals surface area contributed by atoms with E-state index in [4.69, 9.17) is 21.1 Å². The maximum Gasteiger partial charge on any atom is 0.407 e. The fourth-order valence-electron chi connectivity index (χ4n) is 3.91. The summed E-state index contributed by atoms with van der Waals surface area (Å²) in [6.45, 7) is 0.817. The Morgan fingerprint density at radius 2 is 1.71 bits per heavy atom. The molecule has 0 fully saturated rings. The number of ether oxygens (including phenoxy) is 2. The first-order valence-corrected chi connectivity index (χ1v) is 10.6. The van der Waals surface area contributed by atoms with E-state index in [1.165, 1.54) is 22.3 Å². The molecule has 0 radical (unpaired) electrons. The highest BCUT2D eigenvalue weighted by atomic mass is 35.5. The van der Waals surface area contributed by atoms with E-state index in [9.17, 15) is 4.79 Å². The minimum atomic E-state index is -0.400. The van der Waals surface area contributed by atoms with Gasteiger partial charge in [-0.25, -0.2) is 4.79 Å². The lowest BCUT2D eigenvalue weighted by Gasteiger charge is -2.14. The lowest BCUT2D eigenvalue weighted by molar-refractivity contribution is 0.143. The van der Waals surface area contributed by atoms with Crippen LogP contribution in [-0.2, 0) is 4.74 Å². The molecule has 1 amide bonds. The molecule has 4 nitrogen and oxygen atoms in total. The number of hydrogen-bond donors (Lipinski definition) is 1. The summed E-state index contributed by atoms with van der Waals surface area (Å²) in [5, 5.41) is 3.38. The van der Waals surface area contributed by atoms with Crippen LogP contribution < -0.4 is 10.1 Å². The molecule has 31 heavy (non-hydrogen) atoms. The Kier molecular flexibility index (Phi) is 6.58. The highest BCUT2D eigenvalue weighted by Gasteiger charge is 2.28. The molecule has 3 aromatic carbocycles. The topological polar surface area (TPSA) is 47.6 Å². The molecule has 1 aliphatic carbocycles. The average Bonchev–Trinajstić information content (AvgIpc) is 3.11. The van der Waals surface area contributed by atoms with Gasteiger partial charge in [-0.3, -0.25) is 0 Å². The summed E-state index contributed by atoms with van der Waals surface area (Å²) in [5.74, 6) is 0.716. The van der Waals surface area contributed by atoms with Crippen LogP contribution in [0.25, 0.3) is 17.2 Å². The highest BCUT2D eigenvalue weighted by molar-refractivity contribution is 6.32. The Labute approximate surface area is 187 Å². The molecule has 1 N–H and O–H groups in total. The zero-order valence-electron chi connectivity index (χ0n) is 17.3. The van der Waals surface area contributed by atoms with Crippen LogP contribution in [0.4, 0.5) is 4.79 Å². The second kappa shape index (κ2) is 9.71. The molecule has 3 aromatic rings. The molecule has 0 saturated heterocycles. The lowest BCUT2D eigenvalue weighted by atomic mass is 9.98. The number of amides is 1. The summed E-state index contributed by atoms with van der Waals surface area (Å²) >= 11 is 6.13. The number of benzene rings is 3. The number of alkyl carbamates (subject to hydrolysis) is 1. The summed E-state index contributed by atoms with van der Waals surface area (Å²) in [7, 11) is 1.59. The quantitative estimate of drug-likeness (QED) is 0.445. The second-order valence-electron chi connectivity index (χ2n) is 7.34. The number of nitrogens with one attached hydrogen (secondary N) is 1. The van der Waals surface area contributed by atoms with Crippen molar-refractivity contribution < 1.29 is 14.3 Å². The molecule has 0 saturated carbocycles. The maximum absolute atomic E-state index is 12.2. The van der Waals surface area contributed by atoms with E-state index in [-0.39, 0.29) is 5.92 Å². The first-order chi connectivity index (χ1) is 15.2. The molecule has 1 aliphatic rings. The van der Waals surface area contributed by atoms with Crippen LogP contribution >= 0.6 is 11.6 Å². The number of fused-ring (bicyclic) bond motifs is 3. The third kappa shape index (κ3) is 4.75. The largest absolute Gasteiger partial charge is 0.495 e. The maximum atomic E-state index is 12.2. The Morgan fingerprint density at radius 1 is 1.03 bits per heavy atom. The van der Waals surface area contributed by atoms with Crippen molar-refractivity contribution >= 4 is 23.8 Å². The summed E-state index contributed by atoms with van der Waals surface area (Å²) in [6.07, 6.45) is 4.24. The van der Waals surface area contributed by atoms with Gasteiger partial charge in [-0.15, -0.1) is 0 Å². The van der Waals surface area contributed by atoms with E-state index in [2.05, 4.69) is 29.6 Å². The fraction of sp³-hybridized carbons (Fsp3) is 0.192. The summed E-state index contributed by atoms with van der Waals surface area (Å²) in [6, 6.07) is 22.2. The molecule has 0 unspecified atom stereocenters. The Morgan fingerprint density at radius 3 is 2.35 bits per heavy atom. The molecular weight excluding hydrogens is 410 g/mol. The normalized spacial score (nSPS) is 12.5. The Hall–Kier alpha value is -3.24. The number of rotatable bonds is 7. The minimum Gasteiger partial charge on any atom is -0.495 e. The van der Waals surface area contributed by atoms with Gasteiger partial charge in [0, 0.05) is 12.5 Å². The monoisotopic (exact) mass is 433 g/mol. The van der Waals surface area contributed by atoms with Gasteiger partial charge in [0.1, 0.15) is 12.4 Å².